The van der Waals surface area contributed by atoms with E-state index >= 15 is 0 Å². The average molecular weight is 317 g/mol. The number of nitrogens with zero attached hydrogens (tertiary/aromatic N) is 2. The molecule has 8 heteroatoms. The summed E-state index contributed by atoms with van der Waals surface area (Å²) in [5.41, 5.74) is -0.0356. The molecule has 0 saturated carbocycles. The molecule has 0 spiro atoms. The van der Waals surface area contributed by atoms with Crippen molar-refractivity contribution in [1.29, 1.82) is 0 Å². The first-order valence-electron chi connectivity index (χ1n) is 5.52. The standard InChI is InChI=1S/C10H13BrN4O3/c11-9-3-8(15(16)17)5-14-10(9)13-4-7-6-18-2-1-12-7/h3,5,7,12H,1-2,4,6H2,(H,13,14). The van der Waals surface area contributed by atoms with Crippen molar-refractivity contribution in [3.05, 3.63) is 26.9 Å². The molecule has 1 saturated heterocycles. The molecule has 2 rings (SSSR count). The topological polar surface area (TPSA) is 89.3 Å². The van der Waals surface area contributed by atoms with Crippen LogP contribution in [-0.2, 0) is 4.74 Å². The summed E-state index contributed by atoms with van der Waals surface area (Å²) in [6.45, 7) is 2.87. The summed E-state index contributed by atoms with van der Waals surface area (Å²) in [6.07, 6.45) is 1.23. The second-order valence-electron chi connectivity index (χ2n) is 3.89. The molecule has 0 aliphatic carbocycles. The van der Waals surface area contributed by atoms with Gasteiger partial charge in [0.25, 0.3) is 5.69 Å². The number of morpholine rings is 1. The Labute approximate surface area is 112 Å². The molecule has 0 aromatic carbocycles. The Balaban J connectivity index is 1.94. The van der Waals surface area contributed by atoms with Crippen molar-refractivity contribution in [3.63, 3.8) is 0 Å². The van der Waals surface area contributed by atoms with E-state index in [1.54, 1.807) is 0 Å². The van der Waals surface area contributed by atoms with Gasteiger partial charge in [0.1, 0.15) is 12.0 Å². The monoisotopic (exact) mass is 316 g/mol. The molecule has 1 aliphatic rings. The number of ether oxygens (including phenoxy) is 1. The first kappa shape index (κ1) is 13.2. The van der Waals surface area contributed by atoms with Crippen molar-refractivity contribution in [2.45, 2.75) is 6.04 Å². The zero-order valence-electron chi connectivity index (χ0n) is 9.56. The lowest BCUT2D eigenvalue weighted by Gasteiger charge is -2.24. The molecule has 2 N–H and O–H groups in total. The van der Waals surface area contributed by atoms with Crippen LogP contribution in [0.25, 0.3) is 0 Å². The first-order valence-corrected chi connectivity index (χ1v) is 6.31. The fourth-order valence-corrected chi connectivity index (χ4v) is 2.11. The molecular weight excluding hydrogens is 304 g/mol. The number of aromatic nitrogens is 1. The van der Waals surface area contributed by atoms with Gasteiger partial charge < -0.3 is 15.4 Å². The Morgan fingerprint density at radius 1 is 1.72 bits per heavy atom. The molecule has 1 aliphatic heterocycles. The average Bonchev–Trinajstić information content (AvgIpc) is 2.38. The summed E-state index contributed by atoms with van der Waals surface area (Å²) in [5, 5.41) is 17.0. The zero-order valence-corrected chi connectivity index (χ0v) is 11.1. The van der Waals surface area contributed by atoms with E-state index in [4.69, 9.17) is 4.74 Å². The van der Waals surface area contributed by atoms with E-state index < -0.39 is 4.92 Å². The highest BCUT2D eigenvalue weighted by Crippen LogP contribution is 2.24. The molecule has 1 aromatic heterocycles. The minimum atomic E-state index is -0.474. The van der Waals surface area contributed by atoms with E-state index in [0.717, 1.165) is 13.2 Å². The van der Waals surface area contributed by atoms with E-state index in [1.165, 1.54) is 12.3 Å². The van der Waals surface area contributed by atoms with Crippen molar-refractivity contribution in [2.24, 2.45) is 0 Å². The Bertz CT molecular complexity index is 437. The zero-order chi connectivity index (χ0) is 13.0. The maximum absolute atomic E-state index is 10.6. The van der Waals surface area contributed by atoms with Gasteiger partial charge in [0.15, 0.2) is 0 Å². The molecule has 0 bridgehead atoms. The minimum absolute atomic E-state index is 0.0356. The van der Waals surface area contributed by atoms with E-state index in [1.807, 2.05) is 0 Å². The predicted octanol–water partition coefficient (Wildman–Crippen LogP) is 1.15. The van der Waals surface area contributed by atoms with Gasteiger partial charge in [-0.25, -0.2) is 4.98 Å². The summed E-state index contributed by atoms with van der Waals surface area (Å²) in [7, 11) is 0. The summed E-state index contributed by atoms with van der Waals surface area (Å²) >= 11 is 3.26. The molecule has 1 fully saturated rings. The molecule has 0 amide bonds. The maximum Gasteiger partial charge on any atom is 0.288 e. The third-order valence-electron chi connectivity index (χ3n) is 2.55. The lowest BCUT2D eigenvalue weighted by atomic mass is 10.3. The van der Waals surface area contributed by atoms with Gasteiger partial charge in [-0.3, -0.25) is 10.1 Å². The highest BCUT2D eigenvalue weighted by molar-refractivity contribution is 9.10. The summed E-state index contributed by atoms with van der Waals surface area (Å²) < 4.78 is 5.90. The highest BCUT2D eigenvalue weighted by atomic mass is 79.9. The van der Waals surface area contributed by atoms with Crippen molar-refractivity contribution in [1.82, 2.24) is 10.3 Å². The Morgan fingerprint density at radius 2 is 2.56 bits per heavy atom. The van der Waals surface area contributed by atoms with Gasteiger partial charge in [-0.15, -0.1) is 0 Å². The number of anilines is 1. The van der Waals surface area contributed by atoms with Gasteiger partial charge in [0, 0.05) is 25.2 Å². The lowest BCUT2D eigenvalue weighted by Crippen LogP contribution is -2.45. The Kier molecular flexibility index (Phi) is 4.45. The molecule has 0 radical (unpaired) electrons. The van der Waals surface area contributed by atoms with Crippen LogP contribution in [0, 0.1) is 10.1 Å². The van der Waals surface area contributed by atoms with E-state index in [0.29, 0.717) is 23.4 Å². The van der Waals surface area contributed by atoms with Crippen LogP contribution in [-0.4, -0.2) is 42.3 Å². The summed E-state index contributed by atoms with van der Waals surface area (Å²) in [6, 6.07) is 1.66. The van der Waals surface area contributed by atoms with Crippen molar-refractivity contribution in [3.8, 4) is 0 Å². The van der Waals surface area contributed by atoms with Crippen LogP contribution >= 0.6 is 15.9 Å². The van der Waals surface area contributed by atoms with Crippen molar-refractivity contribution in [2.75, 3.05) is 31.6 Å². The highest BCUT2D eigenvalue weighted by Gasteiger charge is 2.14. The van der Waals surface area contributed by atoms with E-state index in [9.17, 15) is 10.1 Å². The third kappa shape index (κ3) is 3.37. The molecule has 1 aromatic rings. The van der Waals surface area contributed by atoms with Crippen LogP contribution in [0.5, 0.6) is 0 Å². The maximum atomic E-state index is 10.6. The first-order chi connectivity index (χ1) is 8.66. The van der Waals surface area contributed by atoms with Crippen LogP contribution in [0.3, 0.4) is 0 Å². The summed E-state index contributed by atoms with van der Waals surface area (Å²) in [4.78, 5) is 14.1. The second-order valence-corrected chi connectivity index (χ2v) is 4.74. The molecule has 18 heavy (non-hydrogen) atoms. The molecule has 98 valence electrons. The Hall–Kier alpha value is -1.25. The third-order valence-corrected chi connectivity index (χ3v) is 3.16. The van der Waals surface area contributed by atoms with Gasteiger partial charge in [0.05, 0.1) is 22.6 Å². The van der Waals surface area contributed by atoms with E-state index in [2.05, 4.69) is 31.5 Å². The quantitative estimate of drug-likeness (QED) is 0.640. The van der Waals surface area contributed by atoms with Gasteiger partial charge >= 0.3 is 0 Å². The van der Waals surface area contributed by atoms with Gasteiger partial charge in [-0.2, -0.15) is 0 Å². The van der Waals surface area contributed by atoms with Crippen LogP contribution in [0.2, 0.25) is 0 Å². The normalized spacial score (nSPS) is 19.5. The van der Waals surface area contributed by atoms with Gasteiger partial charge in [-0.05, 0) is 15.9 Å². The van der Waals surface area contributed by atoms with Gasteiger partial charge in [-0.1, -0.05) is 0 Å². The number of hydrogen-bond donors (Lipinski definition) is 2. The van der Waals surface area contributed by atoms with Crippen LogP contribution in [0.1, 0.15) is 0 Å². The van der Waals surface area contributed by atoms with E-state index in [-0.39, 0.29) is 11.7 Å². The number of nitrogens with one attached hydrogen (secondary N) is 2. The number of nitro groups is 1. The van der Waals surface area contributed by atoms with Crippen molar-refractivity contribution < 1.29 is 9.66 Å². The number of halogens is 1. The fraction of sp³-hybridized carbons (Fsp3) is 0.500. The molecule has 1 atom stereocenters. The predicted molar refractivity (Wildman–Crippen MR) is 69.7 cm³/mol. The Morgan fingerprint density at radius 3 is 3.17 bits per heavy atom. The SMILES string of the molecule is O=[N+]([O-])c1cnc(NCC2COCCN2)c(Br)c1. The van der Waals surface area contributed by atoms with Crippen LogP contribution in [0.15, 0.2) is 16.7 Å². The van der Waals surface area contributed by atoms with Crippen LogP contribution < -0.4 is 10.6 Å². The molecule has 2 heterocycles. The summed E-state index contributed by atoms with van der Waals surface area (Å²) in [5.74, 6) is 0.591. The lowest BCUT2D eigenvalue weighted by molar-refractivity contribution is -0.385. The molecule has 1 unspecified atom stereocenters. The van der Waals surface area contributed by atoms with Crippen LogP contribution in [0.4, 0.5) is 11.5 Å². The van der Waals surface area contributed by atoms with Crippen molar-refractivity contribution >= 4 is 27.4 Å². The minimum Gasteiger partial charge on any atom is -0.378 e. The molecule has 7 nitrogen and oxygen atoms in total. The number of pyridine rings is 1. The largest absolute Gasteiger partial charge is 0.378 e. The molecular formula is C10H13BrN4O3. The smallest absolute Gasteiger partial charge is 0.288 e. The second kappa shape index (κ2) is 6.07. The number of rotatable bonds is 4. The van der Waals surface area contributed by atoms with Gasteiger partial charge in [0.2, 0.25) is 0 Å². The fourth-order valence-electron chi connectivity index (χ4n) is 1.63. The number of hydrogen-bond acceptors (Lipinski definition) is 6.